The molecule has 0 unspecified atom stereocenters. The summed E-state index contributed by atoms with van der Waals surface area (Å²) in [5, 5.41) is 2.44. The van der Waals surface area contributed by atoms with Gasteiger partial charge in [0, 0.05) is 6.20 Å². The molecule has 0 aliphatic carbocycles. The lowest BCUT2D eigenvalue weighted by molar-refractivity contribution is 0.102. The summed E-state index contributed by atoms with van der Waals surface area (Å²) < 4.78 is 15.1. The second kappa shape index (κ2) is 7.13. The number of hydrogen-bond donors (Lipinski definition) is 1. The maximum absolute atomic E-state index is 13.7. The number of pyridine rings is 1. The molecular weight excluding hydrogens is 319 g/mol. The number of aryl methyl sites for hydroxylation is 1. The maximum atomic E-state index is 13.7. The third kappa shape index (κ3) is 3.83. The van der Waals surface area contributed by atoms with Crippen LogP contribution in [0, 0.1) is 12.7 Å². The average molecular weight is 336 g/mol. The molecule has 0 saturated carbocycles. The smallest absolute Gasteiger partial charge is 0.263 e. The molecule has 0 aliphatic heterocycles. The van der Waals surface area contributed by atoms with Gasteiger partial charge in [-0.05, 0) is 36.8 Å². The van der Waals surface area contributed by atoms with E-state index in [0.29, 0.717) is 6.54 Å². The number of carbonyl (C=O) groups excluding carboxylic acids is 1. The van der Waals surface area contributed by atoms with Crippen molar-refractivity contribution in [2.24, 2.45) is 0 Å². The first-order valence-corrected chi connectivity index (χ1v) is 7.85. The average Bonchev–Trinajstić information content (AvgIpc) is 2.59. The van der Waals surface area contributed by atoms with Crippen LogP contribution in [-0.2, 0) is 6.54 Å². The lowest BCUT2D eigenvalue weighted by Gasteiger charge is -2.10. The first-order valence-electron chi connectivity index (χ1n) is 7.85. The number of para-hydroxylation sites is 1. The van der Waals surface area contributed by atoms with E-state index in [-0.39, 0.29) is 11.3 Å². The largest absolute Gasteiger partial charge is 0.319 e. The van der Waals surface area contributed by atoms with E-state index in [1.54, 1.807) is 18.3 Å². The van der Waals surface area contributed by atoms with Crippen LogP contribution in [0.3, 0.4) is 0 Å². The molecule has 25 heavy (non-hydrogen) atoms. The third-order valence-electron chi connectivity index (χ3n) is 3.82. The van der Waals surface area contributed by atoms with Crippen molar-refractivity contribution >= 4 is 11.6 Å². The van der Waals surface area contributed by atoms with Crippen molar-refractivity contribution in [2.75, 3.05) is 5.32 Å². The molecule has 0 bridgehead atoms. The summed E-state index contributed by atoms with van der Waals surface area (Å²) in [7, 11) is 0. The number of benzene rings is 2. The summed E-state index contributed by atoms with van der Waals surface area (Å²) in [4.78, 5) is 24.9. The molecule has 4 nitrogen and oxygen atoms in total. The van der Waals surface area contributed by atoms with Crippen LogP contribution in [-0.4, -0.2) is 10.5 Å². The number of amides is 1. The van der Waals surface area contributed by atoms with Crippen molar-refractivity contribution in [3.63, 3.8) is 0 Å². The molecule has 0 spiro atoms. The fraction of sp³-hybridized carbons (Fsp3) is 0.100. The van der Waals surface area contributed by atoms with Gasteiger partial charge in [0.05, 0.1) is 12.2 Å². The number of hydrogen-bond acceptors (Lipinski definition) is 2. The number of carbonyl (C=O) groups is 1. The predicted octanol–water partition coefficient (Wildman–Crippen LogP) is 3.60. The molecule has 1 heterocycles. The standard InChI is InChI=1S/C20H17FN2O2/c1-14-6-4-7-15(12-14)13-23-11-5-8-16(20(23)25)19(24)22-18-10-3-2-9-17(18)21/h2-12H,13H2,1H3,(H,22,24). The summed E-state index contributed by atoms with van der Waals surface area (Å²) in [5.74, 6) is -1.18. The zero-order chi connectivity index (χ0) is 17.8. The number of rotatable bonds is 4. The van der Waals surface area contributed by atoms with Gasteiger partial charge in [-0.15, -0.1) is 0 Å². The van der Waals surface area contributed by atoms with Gasteiger partial charge in [-0.2, -0.15) is 0 Å². The van der Waals surface area contributed by atoms with Gasteiger partial charge < -0.3 is 9.88 Å². The minimum Gasteiger partial charge on any atom is -0.319 e. The number of anilines is 1. The van der Waals surface area contributed by atoms with Gasteiger partial charge in [0.25, 0.3) is 11.5 Å². The van der Waals surface area contributed by atoms with Crippen LogP contribution >= 0.6 is 0 Å². The van der Waals surface area contributed by atoms with Gasteiger partial charge in [-0.1, -0.05) is 42.0 Å². The molecule has 3 aromatic rings. The second-order valence-electron chi connectivity index (χ2n) is 5.78. The van der Waals surface area contributed by atoms with Crippen molar-refractivity contribution in [3.05, 3.63) is 99.7 Å². The molecule has 1 amide bonds. The Labute approximate surface area is 144 Å². The normalized spacial score (nSPS) is 10.5. The van der Waals surface area contributed by atoms with E-state index in [1.807, 2.05) is 31.2 Å². The topological polar surface area (TPSA) is 51.1 Å². The Balaban J connectivity index is 1.87. The second-order valence-corrected chi connectivity index (χ2v) is 5.78. The van der Waals surface area contributed by atoms with Crippen molar-refractivity contribution in [3.8, 4) is 0 Å². The molecule has 2 aromatic carbocycles. The SMILES string of the molecule is Cc1cccc(Cn2cccc(C(=O)Nc3ccccc3F)c2=O)c1. The van der Waals surface area contributed by atoms with Crippen LogP contribution in [0.1, 0.15) is 21.5 Å². The lowest BCUT2D eigenvalue weighted by atomic mass is 10.1. The van der Waals surface area contributed by atoms with Gasteiger partial charge in [0.2, 0.25) is 0 Å². The van der Waals surface area contributed by atoms with Gasteiger partial charge in [0.1, 0.15) is 11.4 Å². The monoisotopic (exact) mass is 336 g/mol. The molecule has 0 atom stereocenters. The molecule has 1 N–H and O–H groups in total. The molecule has 0 radical (unpaired) electrons. The van der Waals surface area contributed by atoms with Crippen molar-refractivity contribution in [1.29, 1.82) is 0 Å². The summed E-state index contributed by atoms with van der Waals surface area (Å²) in [6.07, 6.45) is 1.63. The van der Waals surface area contributed by atoms with Crippen molar-refractivity contribution < 1.29 is 9.18 Å². The summed E-state index contributed by atoms with van der Waals surface area (Å²) in [5.41, 5.74) is 1.66. The molecule has 5 heteroatoms. The number of nitrogens with zero attached hydrogens (tertiary/aromatic N) is 1. The highest BCUT2D eigenvalue weighted by Gasteiger charge is 2.14. The van der Waals surface area contributed by atoms with Crippen LogP contribution in [0.15, 0.2) is 71.7 Å². The van der Waals surface area contributed by atoms with E-state index in [9.17, 15) is 14.0 Å². The van der Waals surface area contributed by atoms with E-state index >= 15 is 0 Å². The van der Waals surface area contributed by atoms with E-state index in [4.69, 9.17) is 0 Å². The summed E-state index contributed by atoms with van der Waals surface area (Å²) in [6.45, 7) is 2.34. The molecule has 126 valence electrons. The lowest BCUT2D eigenvalue weighted by Crippen LogP contribution is -2.29. The van der Waals surface area contributed by atoms with E-state index in [1.165, 1.54) is 28.8 Å². The molecular formula is C20H17FN2O2. The highest BCUT2D eigenvalue weighted by Crippen LogP contribution is 2.13. The molecule has 0 aliphatic rings. The van der Waals surface area contributed by atoms with Gasteiger partial charge in [0.15, 0.2) is 0 Å². The molecule has 0 saturated heterocycles. The van der Waals surface area contributed by atoms with Crippen LogP contribution in [0.25, 0.3) is 0 Å². The van der Waals surface area contributed by atoms with Gasteiger partial charge in [-0.3, -0.25) is 9.59 Å². The Morgan fingerprint density at radius 1 is 1.08 bits per heavy atom. The number of aromatic nitrogens is 1. The Kier molecular flexibility index (Phi) is 4.75. The van der Waals surface area contributed by atoms with E-state index < -0.39 is 17.3 Å². The Hall–Kier alpha value is -3.21. The van der Waals surface area contributed by atoms with Gasteiger partial charge >= 0.3 is 0 Å². The minimum absolute atomic E-state index is 0.0293. The highest BCUT2D eigenvalue weighted by molar-refractivity contribution is 6.04. The van der Waals surface area contributed by atoms with Crippen LogP contribution in [0.4, 0.5) is 10.1 Å². The van der Waals surface area contributed by atoms with Crippen LogP contribution in [0.5, 0.6) is 0 Å². The number of nitrogens with one attached hydrogen (secondary N) is 1. The first kappa shape index (κ1) is 16.6. The van der Waals surface area contributed by atoms with Crippen molar-refractivity contribution in [1.82, 2.24) is 4.57 Å². The fourth-order valence-electron chi connectivity index (χ4n) is 2.59. The van der Waals surface area contributed by atoms with Crippen LogP contribution in [0.2, 0.25) is 0 Å². The first-order chi connectivity index (χ1) is 12.0. The zero-order valence-electron chi connectivity index (χ0n) is 13.7. The highest BCUT2D eigenvalue weighted by atomic mass is 19.1. The molecule has 0 fully saturated rings. The maximum Gasteiger partial charge on any atom is 0.263 e. The Morgan fingerprint density at radius 3 is 2.64 bits per heavy atom. The van der Waals surface area contributed by atoms with Gasteiger partial charge in [-0.25, -0.2) is 4.39 Å². The summed E-state index contributed by atoms with van der Waals surface area (Å²) >= 11 is 0. The minimum atomic E-state index is -0.631. The Morgan fingerprint density at radius 2 is 1.88 bits per heavy atom. The Bertz CT molecular complexity index is 979. The third-order valence-corrected chi connectivity index (χ3v) is 3.82. The van der Waals surface area contributed by atoms with Crippen LogP contribution < -0.4 is 10.9 Å². The van der Waals surface area contributed by atoms with E-state index in [0.717, 1.165) is 11.1 Å². The molecule has 3 rings (SSSR count). The summed E-state index contributed by atoms with van der Waals surface area (Å²) in [6, 6.07) is 16.7. The fourth-order valence-corrected chi connectivity index (χ4v) is 2.59. The zero-order valence-corrected chi connectivity index (χ0v) is 13.7. The van der Waals surface area contributed by atoms with Crippen molar-refractivity contribution in [2.45, 2.75) is 13.5 Å². The quantitative estimate of drug-likeness (QED) is 0.791. The number of halogens is 1. The molecule has 1 aromatic heterocycles. The van der Waals surface area contributed by atoms with E-state index in [2.05, 4.69) is 5.32 Å². The predicted molar refractivity (Wildman–Crippen MR) is 95.3 cm³/mol.